The van der Waals surface area contributed by atoms with Gasteiger partial charge in [-0.2, -0.15) is 0 Å². The molecule has 0 saturated carbocycles. The molecule has 1 atom stereocenters. The highest BCUT2D eigenvalue weighted by atomic mass is 35.5. The third kappa shape index (κ3) is 5.92. The van der Waals surface area contributed by atoms with E-state index in [2.05, 4.69) is 26.1 Å². The van der Waals surface area contributed by atoms with Gasteiger partial charge in [-0.1, -0.05) is 74.8 Å². The molecule has 0 aliphatic rings. The van der Waals surface area contributed by atoms with Crippen LogP contribution < -0.4 is 5.32 Å². The molecule has 0 radical (unpaired) electrons. The summed E-state index contributed by atoms with van der Waals surface area (Å²) in [5, 5.41) is 3.83. The molecule has 4 heteroatoms. The van der Waals surface area contributed by atoms with Gasteiger partial charge in [0.25, 0.3) is 0 Å². The zero-order valence-corrected chi connectivity index (χ0v) is 15.2. The van der Waals surface area contributed by atoms with E-state index >= 15 is 0 Å². The third-order valence-corrected chi connectivity index (χ3v) is 4.80. The van der Waals surface area contributed by atoms with Crippen LogP contribution in [0.3, 0.4) is 0 Å². The van der Waals surface area contributed by atoms with Gasteiger partial charge >= 0.3 is 0 Å². The number of rotatable bonds is 5. The van der Waals surface area contributed by atoms with Crippen LogP contribution in [0.5, 0.6) is 0 Å². The van der Waals surface area contributed by atoms with Crippen molar-refractivity contribution in [3.63, 3.8) is 0 Å². The van der Waals surface area contributed by atoms with Crippen LogP contribution in [0.15, 0.2) is 54.6 Å². The molecule has 0 saturated heterocycles. The highest BCUT2D eigenvalue weighted by molar-refractivity contribution is 8.01. The first kappa shape index (κ1) is 17.9. The van der Waals surface area contributed by atoms with Crippen molar-refractivity contribution in [2.75, 3.05) is 5.75 Å². The van der Waals surface area contributed by atoms with Gasteiger partial charge in [0, 0.05) is 9.77 Å². The molecule has 23 heavy (non-hydrogen) atoms. The second-order valence-corrected chi connectivity index (χ2v) is 8.60. The Labute approximate surface area is 147 Å². The molecule has 2 aromatic carbocycles. The standard InChI is InChI=1S/C19H22ClNOS/c1-19(2,3)23-13-17(22)21-18(14-7-5-4-6-8-14)15-9-11-16(20)12-10-15/h4-12,18H,13H2,1-3H3,(H,21,22). The number of carbonyl (C=O) groups excluding carboxylic acids is 1. The average Bonchev–Trinajstić information content (AvgIpc) is 2.52. The molecule has 1 N–H and O–H groups in total. The number of hydrogen-bond donors (Lipinski definition) is 1. The van der Waals surface area contributed by atoms with Gasteiger partial charge in [-0.15, -0.1) is 11.8 Å². The summed E-state index contributed by atoms with van der Waals surface area (Å²) in [5.74, 6) is 0.481. The first-order chi connectivity index (χ1) is 10.8. The summed E-state index contributed by atoms with van der Waals surface area (Å²) >= 11 is 7.62. The van der Waals surface area contributed by atoms with Crippen LogP contribution in [-0.4, -0.2) is 16.4 Å². The minimum atomic E-state index is -0.165. The molecule has 0 bridgehead atoms. The molecule has 1 unspecified atom stereocenters. The smallest absolute Gasteiger partial charge is 0.230 e. The van der Waals surface area contributed by atoms with Crippen LogP contribution in [0.4, 0.5) is 0 Å². The Balaban J connectivity index is 2.18. The van der Waals surface area contributed by atoms with E-state index in [-0.39, 0.29) is 16.7 Å². The zero-order chi connectivity index (χ0) is 16.9. The Morgan fingerprint density at radius 2 is 1.61 bits per heavy atom. The lowest BCUT2D eigenvalue weighted by atomic mass is 9.99. The molecule has 0 spiro atoms. The summed E-state index contributed by atoms with van der Waals surface area (Å²) in [6.07, 6.45) is 0. The molecule has 0 heterocycles. The fraction of sp³-hybridized carbons (Fsp3) is 0.316. The summed E-state index contributed by atoms with van der Waals surface area (Å²) in [5.41, 5.74) is 2.08. The van der Waals surface area contributed by atoms with E-state index in [9.17, 15) is 4.79 Å². The van der Waals surface area contributed by atoms with Crippen molar-refractivity contribution in [3.8, 4) is 0 Å². The molecule has 122 valence electrons. The third-order valence-electron chi connectivity index (χ3n) is 3.28. The second-order valence-electron chi connectivity index (χ2n) is 6.36. The first-order valence-corrected chi connectivity index (χ1v) is 8.95. The van der Waals surface area contributed by atoms with Gasteiger partial charge in [-0.25, -0.2) is 0 Å². The summed E-state index contributed by atoms with van der Waals surface area (Å²) in [6, 6.07) is 17.4. The van der Waals surface area contributed by atoms with Crippen molar-refractivity contribution >= 4 is 29.3 Å². The number of halogens is 1. The molecular weight excluding hydrogens is 326 g/mol. The van der Waals surface area contributed by atoms with Crippen molar-refractivity contribution in [1.82, 2.24) is 5.32 Å². The number of thioether (sulfide) groups is 1. The van der Waals surface area contributed by atoms with Crippen molar-refractivity contribution in [1.29, 1.82) is 0 Å². The van der Waals surface area contributed by atoms with Gasteiger partial charge in [0.15, 0.2) is 0 Å². The van der Waals surface area contributed by atoms with Gasteiger partial charge < -0.3 is 5.32 Å². The summed E-state index contributed by atoms with van der Waals surface area (Å²) in [4.78, 5) is 12.4. The van der Waals surface area contributed by atoms with Gasteiger partial charge in [0.1, 0.15) is 0 Å². The van der Waals surface area contributed by atoms with Crippen LogP contribution in [-0.2, 0) is 4.79 Å². The van der Waals surface area contributed by atoms with Crippen LogP contribution in [0.25, 0.3) is 0 Å². The molecule has 2 rings (SSSR count). The lowest BCUT2D eigenvalue weighted by molar-refractivity contribution is -0.119. The Morgan fingerprint density at radius 3 is 2.17 bits per heavy atom. The quantitative estimate of drug-likeness (QED) is 0.817. The number of amides is 1. The van der Waals surface area contributed by atoms with Crippen molar-refractivity contribution in [3.05, 3.63) is 70.7 Å². The lowest BCUT2D eigenvalue weighted by Gasteiger charge is -2.22. The minimum Gasteiger partial charge on any atom is -0.344 e. The van der Waals surface area contributed by atoms with Crippen LogP contribution in [0, 0.1) is 0 Å². The Kier molecular flexibility index (Phi) is 6.14. The van der Waals surface area contributed by atoms with E-state index in [1.807, 2.05) is 54.6 Å². The van der Waals surface area contributed by atoms with E-state index in [1.54, 1.807) is 11.8 Å². The normalized spacial score (nSPS) is 12.7. The molecule has 0 fully saturated rings. The van der Waals surface area contributed by atoms with E-state index < -0.39 is 0 Å². The number of hydrogen-bond acceptors (Lipinski definition) is 2. The molecule has 0 aliphatic carbocycles. The van der Waals surface area contributed by atoms with Crippen LogP contribution >= 0.6 is 23.4 Å². The fourth-order valence-corrected chi connectivity index (χ4v) is 2.92. The topological polar surface area (TPSA) is 29.1 Å². The number of nitrogens with one attached hydrogen (secondary N) is 1. The SMILES string of the molecule is CC(C)(C)SCC(=O)NC(c1ccccc1)c1ccc(Cl)cc1. The second kappa shape index (κ2) is 7.89. The maximum atomic E-state index is 12.4. The Hall–Kier alpha value is -1.45. The van der Waals surface area contributed by atoms with Crippen LogP contribution in [0.2, 0.25) is 5.02 Å². The molecule has 2 aromatic rings. The molecule has 0 aromatic heterocycles. The molecule has 2 nitrogen and oxygen atoms in total. The van der Waals surface area contributed by atoms with Gasteiger partial charge in [0.05, 0.1) is 11.8 Å². The predicted octanol–water partition coefficient (Wildman–Crippen LogP) is 5.08. The van der Waals surface area contributed by atoms with Crippen molar-refractivity contribution in [2.24, 2.45) is 0 Å². The van der Waals surface area contributed by atoms with E-state index in [0.29, 0.717) is 10.8 Å². The Bertz CT molecular complexity index is 635. The largest absolute Gasteiger partial charge is 0.344 e. The van der Waals surface area contributed by atoms with Gasteiger partial charge in [-0.05, 0) is 23.3 Å². The average molecular weight is 348 g/mol. The highest BCUT2D eigenvalue weighted by Gasteiger charge is 2.19. The van der Waals surface area contributed by atoms with Crippen molar-refractivity contribution < 1.29 is 4.79 Å². The van der Waals surface area contributed by atoms with E-state index in [4.69, 9.17) is 11.6 Å². The summed E-state index contributed by atoms with van der Waals surface area (Å²) in [7, 11) is 0. The highest BCUT2D eigenvalue weighted by Crippen LogP contribution is 2.25. The van der Waals surface area contributed by atoms with Crippen LogP contribution in [0.1, 0.15) is 37.9 Å². The van der Waals surface area contributed by atoms with Crippen molar-refractivity contribution in [2.45, 2.75) is 31.6 Å². The summed E-state index contributed by atoms with van der Waals surface area (Å²) < 4.78 is 0.0693. The monoisotopic (exact) mass is 347 g/mol. The van der Waals surface area contributed by atoms with E-state index in [0.717, 1.165) is 11.1 Å². The predicted molar refractivity (Wildman–Crippen MR) is 100 cm³/mol. The lowest BCUT2D eigenvalue weighted by Crippen LogP contribution is -2.31. The van der Waals surface area contributed by atoms with Gasteiger partial charge in [0.2, 0.25) is 5.91 Å². The van der Waals surface area contributed by atoms with E-state index in [1.165, 1.54) is 0 Å². The fourth-order valence-electron chi connectivity index (χ4n) is 2.14. The Morgan fingerprint density at radius 1 is 1.04 bits per heavy atom. The molecular formula is C19H22ClNOS. The number of benzene rings is 2. The molecule has 0 aliphatic heterocycles. The summed E-state index contributed by atoms with van der Waals surface area (Å²) in [6.45, 7) is 6.33. The maximum absolute atomic E-state index is 12.4. The first-order valence-electron chi connectivity index (χ1n) is 7.59. The maximum Gasteiger partial charge on any atom is 0.230 e. The molecule has 1 amide bonds. The number of carbonyl (C=O) groups is 1. The minimum absolute atomic E-state index is 0.0359. The van der Waals surface area contributed by atoms with Gasteiger partial charge in [-0.3, -0.25) is 4.79 Å². The zero-order valence-electron chi connectivity index (χ0n) is 13.7.